The first-order chi connectivity index (χ1) is 7.59. The van der Waals surface area contributed by atoms with Crippen molar-refractivity contribution in [2.24, 2.45) is 0 Å². The first-order valence-electron chi connectivity index (χ1n) is 5.66. The predicted octanol–water partition coefficient (Wildman–Crippen LogP) is 3.89. The smallest absolute Gasteiger partial charge is 0.144 e. The van der Waals surface area contributed by atoms with Crippen LogP contribution < -0.4 is 0 Å². The highest BCUT2D eigenvalue weighted by molar-refractivity contribution is 5.86. The second kappa shape index (κ2) is 4.97. The number of aromatic hydroxyl groups is 1. The summed E-state index contributed by atoms with van der Waals surface area (Å²) < 4.78 is 0. The van der Waals surface area contributed by atoms with Crippen LogP contribution in [0, 0.1) is 20.8 Å². The third-order valence-electron chi connectivity index (χ3n) is 2.61. The zero-order valence-corrected chi connectivity index (χ0v) is 10.6. The maximum absolute atomic E-state index is 9.81. The number of phenols is 1. The molecule has 2 aromatic rings. The number of pyridine rings is 1. The molecule has 0 atom stereocenters. The van der Waals surface area contributed by atoms with E-state index < -0.39 is 0 Å². The van der Waals surface area contributed by atoms with Gasteiger partial charge in [0.15, 0.2) is 0 Å². The van der Waals surface area contributed by atoms with Crippen molar-refractivity contribution in [1.29, 1.82) is 0 Å². The molecule has 2 heteroatoms. The minimum Gasteiger partial charge on any atom is -0.505 e. The van der Waals surface area contributed by atoms with Crippen LogP contribution in [-0.4, -0.2) is 10.1 Å². The van der Waals surface area contributed by atoms with Gasteiger partial charge in [-0.1, -0.05) is 26.0 Å². The van der Waals surface area contributed by atoms with Crippen LogP contribution in [0.2, 0.25) is 0 Å². The average molecular weight is 217 g/mol. The molecule has 1 N–H and O–H groups in total. The Hall–Kier alpha value is -1.57. The lowest BCUT2D eigenvalue weighted by Crippen LogP contribution is -1.89. The Morgan fingerprint density at radius 1 is 1.00 bits per heavy atom. The number of benzene rings is 1. The molecule has 1 aromatic heterocycles. The number of rotatable bonds is 0. The van der Waals surface area contributed by atoms with Crippen molar-refractivity contribution in [2.75, 3.05) is 0 Å². The second-order valence-electron chi connectivity index (χ2n) is 3.69. The van der Waals surface area contributed by atoms with E-state index in [1.807, 2.05) is 46.8 Å². The van der Waals surface area contributed by atoms with Crippen LogP contribution in [-0.2, 0) is 0 Å². The summed E-state index contributed by atoms with van der Waals surface area (Å²) in [5, 5.41) is 10.8. The fourth-order valence-electron chi connectivity index (χ4n) is 1.52. The van der Waals surface area contributed by atoms with Gasteiger partial charge in [-0.3, -0.25) is 0 Å². The monoisotopic (exact) mass is 217 g/mol. The van der Waals surface area contributed by atoms with Crippen LogP contribution in [0.15, 0.2) is 18.2 Å². The number of fused-ring (bicyclic) bond motifs is 1. The van der Waals surface area contributed by atoms with E-state index in [0.717, 1.165) is 22.2 Å². The van der Waals surface area contributed by atoms with E-state index in [2.05, 4.69) is 11.1 Å². The van der Waals surface area contributed by atoms with Gasteiger partial charge >= 0.3 is 0 Å². The van der Waals surface area contributed by atoms with Crippen molar-refractivity contribution in [3.05, 3.63) is 35.0 Å². The molecule has 0 aliphatic rings. The van der Waals surface area contributed by atoms with Gasteiger partial charge in [-0.2, -0.15) is 0 Å². The second-order valence-corrected chi connectivity index (χ2v) is 3.69. The third-order valence-corrected chi connectivity index (χ3v) is 2.61. The Morgan fingerprint density at radius 3 is 2.25 bits per heavy atom. The molecule has 0 saturated heterocycles. The van der Waals surface area contributed by atoms with Crippen LogP contribution in [0.4, 0.5) is 0 Å². The highest BCUT2D eigenvalue weighted by Crippen LogP contribution is 2.27. The molecule has 0 spiro atoms. The quantitative estimate of drug-likeness (QED) is 0.726. The first kappa shape index (κ1) is 12.5. The number of phenolic OH excluding ortho intramolecular Hbond substituents is 1. The lowest BCUT2D eigenvalue weighted by molar-refractivity contribution is 0.476. The number of aryl methyl sites for hydroxylation is 3. The van der Waals surface area contributed by atoms with E-state index >= 15 is 0 Å². The van der Waals surface area contributed by atoms with Crippen molar-refractivity contribution in [3.63, 3.8) is 0 Å². The summed E-state index contributed by atoms with van der Waals surface area (Å²) in [4.78, 5) is 4.39. The summed E-state index contributed by atoms with van der Waals surface area (Å²) in [5.41, 5.74) is 3.69. The zero-order valence-electron chi connectivity index (χ0n) is 10.6. The molecule has 0 radical (unpaired) electrons. The van der Waals surface area contributed by atoms with Crippen LogP contribution in [0.5, 0.6) is 5.75 Å². The van der Waals surface area contributed by atoms with Crippen LogP contribution in [0.25, 0.3) is 10.9 Å². The van der Waals surface area contributed by atoms with Crippen LogP contribution >= 0.6 is 0 Å². The molecular formula is C14H19NO. The largest absolute Gasteiger partial charge is 0.505 e. The summed E-state index contributed by atoms with van der Waals surface area (Å²) in [5.74, 6) is 0.297. The highest BCUT2D eigenvalue weighted by Gasteiger charge is 2.05. The Bertz CT molecular complexity index is 504. The zero-order chi connectivity index (χ0) is 12.3. The third kappa shape index (κ3) is 2.16. The van der Waals surface area contributed by atoms with Gasteiger partial charge in [0.05, 0.1) is 0 Å². The summed E-state index contributed by atoms with van der Waals surface area (Å²) in [6, 6.07) is 5.95. The van der Waals surface area contributed by atoms with Crippen molar-refractivity contribution in [3.8, 4) is 5.75 Å². The van der Waals surface area contributed by atoms with Gasteiger partial charge in [-0.05, 0) is 38.0 Å². The summed E-state index contributed by atoms with van der Waals surface area (Å²) in [6.45, 7) is 9.86. The molecule has 0 bridgehead atoms. The van der Waals surface area contributed by atoms with Gasteiger partial charge in [-0.25, -0.2) is 4.98 Å². The average Bonchev–Trinajstić information content (AvgIpc) is 2.30. The molecule has 16 heavy (non-hydrogen) atoms. The normalized spacial score (nSPS) is 9.81. The van der Waals surface area contributed by atoms with Gasteiger partial charge in [-0.15, -0.1) is 0 Å². The molecule has 0 fully saturated rings. The lowest BCUT2D eigenvalue weighted by atomic mass is 10.1. The van der Waals surface area contributed by atoms with Gasteiger partial charge in [0, 0.05) is 11.1 Å². The Kier molecular flexibility index (Phi) is 3.88. The van der Waals surface area contributed by atoms with Crippen molar-refractivity contribution in [2.45, 2.75) is 34.6 Å². The van der Waals surface area contributed by atoms with Crippen molar-refractivity contribution in [1.82, 2.24) is 4.98 Å². The summed E-state index contributed by atoms with van der Waals surface area (Å²) in [6.07, 6.45) is 0. The number of nitrogens with zero attached hydrogens (tertiary/aromatic N) is 1. The maximum atomic E-state index is 9.81. The minimum absolute atomic E-state index is 0.297. The topological polar surface area (TPSA) is 33.1 Å². The number of aromatic nitrogens is 1. The van der Waals surface area contributed by atoms with Gasteiger partial charge in [0.2, 0.25) is 0 Å². The Balaban J connectivity index is 0.000000606. The highest BCUT2D eigenvalue weighted by atomic mass is 16.3. The van der Waals surface area contributed by atoms with E-state index in [-0.39, 0.29) is 0 Å². The van der Waals surface area contributed by atoms with E-state index in [1.165, 1.54) is 0 Å². The van der Waals surface area contributed by atoms with E-state index in [9.17, 15) is 5.11 Å². The molecule has 0 aliphatic heterocycles. The number of hydrogen-bond acceptors (Lipinski definition) is 2. The van der Waals surface area contributed by atoms with Gasteiger partial charge in [0.25, 0.3) is 0 Å². The Labute approximate surface area is 97.0 Å². The Morgan fingerprint density at radius 2 is 1.62 bits per heavy atom. The maximum Gasteiger partial charge on any atom is 0.144 e. The van der Waals surface area contributed by atoms with Crippen LogP contribution in [0.1, 0.15) is 30.7 Å². The van der Waals surface area contributed by atoms with E-state index in [4.69, 9.17) is 0 Å². The summed E-state index contributed by atoms with van der Waals surface area (Å²) in [7, 11) is 0. The molecule has 0 unspecified atom stereocenters. The fourth-order valence-corrected chi connectivity index (χ4v) is 1.52. The molecule has 2 nitrogen and oxygen atoms in total. The molecule has 2 rings (SSSR count). The van der Waals surface area contributed by atoms with Gasteiger partial charge < -0.3 is 5.11 Å². The molecule has 86 valence electrons. The number of hydrogen-bond donors (Lipinski definition) is 1. The molecule has 0 aliphatic carbocycles. The van der Waals surface area contributed by atoms with Crippen molar-refractivity contribution >= 4 is 10.9 Å². The molecule has 1 aromatic carbocycles. The van der Waals surface area contributed by atoms with Gasteiger partial charge in [0.1, 0.15) is 11.3 Å². The molecule has 1 heterocycles. The van der Waals surface area contributed by atoms with E-state index in [0.29, 0.717) is 11.3 Å². The minimum atomic E-state index is 0.297. The fraction of sp³-hybridized carbons (Fsp3) is 0.357. The molecular weight excluding hydrogens is 198 g/mol. The first-order valence-corrected chi connectivity index (χ1v) is 5.66. The van der Waals surface area contributed by atoms with Crippen molar-refractivity contribution < 1.29 is 5.11 Å². The standard InChI is InChI=1S/C12H13NO.C2H6/c1-7-4-5-10-6-8(2)9(3)13-11(10)12(7)14;1-2/h4-6,14H,1-3H3;1-2H3. The predicted molar refractivity (Wildman–Crippen MR) is 69.0 cm³/mol. The summed E-state index contributed by atoms with van der Waals surface area (Å²) >= 11 is 0. The molecule has 0 amide bonds. The lowest BCUT2D eigenvalue weighted by Gasteiger charge is -2.06. The van der Waals surface area contributed by atoms with Crippen LogP contribution in [0.3, 0.4) is 0 Å². The SMILES string of the molecule is CC.Cc1cc2ccc(C)c(O)c2nc1C. The molecule has 0 saturated carbocycles. The van der Waals surface area contributed by atoms with E-state index in [1.54, 1.807) is 0 Å².